The van der Waals surface area contributed by atoms with Crippen molar-refractivity contribution in [2.45, 2.75) is 51.5 Å². The molecule has 1 aromatic rings. The minimum atomic E-state index is -0.0770. The zero-order valence-corrected chi connectivity index (χ0v) is 12.9. The topological polar surface area (TPSA) is 50.4 Å². The Balaban J connectivity index is 1.58. The third-order valence-electron chi connectivity index (χ3n) is 3.93. The predicted molar refractivity (Wildman–Crippen MR) is 84.7 cm³/mol. The maximum absolute atomic E-state index is 11.7. The molecule has 1 aromatic carbocycles. The monoisotopic (exact) mass is 290 g/mol. The molecule has 2 rings (SSSR count). The van der Waals surface area contributed by atoms with Crippen molar-refractivity contribution in [1.29, 1.82) is 0 Å². The number of rotatable bonds is 6. The standard InChI is InChI=1S/C17H26N2O2/c1-2-14-8-10-16(11-9-14)21-13-12-18-17(20)19-15-6-4-3-5-7-15/h8-11,15H,2-7,12-13H2,1H3,(H2,18,19,20). The van der Waals surface area contributed by atoms with E-state index >= 15 is 0 Å². The first-order chi connectivity index (χ1) is 10.3. The van der Waals surface area contributed by atoms with Crippen LogP contribution in [0.3, 0.4) is 0 Å². The molecule has 116 valence electrons. The fourth-order valence-electron chi connectivity index (χ4n) is 2.64. The van der Waals surface area contributed by atoms with Crippen LogP contribution in [-0.2, 0) is 6.42 Å². The average Bonchev–Trinajstić information content (AvgIpc) is 2.53. The first-order valence-corrected chi connectivity index (χ1v) is 8.04. The minimum absolute atomic E-state index is 0.0770. The summed E-state index contributed by atoms with van der Waals surface area (Å²) in [6.45, 7) is 3.14. The van der Waals surface area contributed by atoms with E-state index < -0.39 is 0 Å². The molecule has 1 aliphatic rings. The number of nitrogens with one attached hydrogen (secondary N) is 2. The summed E-state index contributed by atoms with van der Waals surface area (Å²) in [4.78, 5) is 11.7. The number of benzene rings is 1. The number of ether oxygens (including phenoxy) is 1. The maximum atomic E-state index is 11.7. The van der Waals surface area contributed by atoms with Crippen molar-refractivity contribution >= 4 is 6.03 Å². The quantitative estimate of drug-likeness (QED) is 0.790. The number of aryl methyl sites for hydroxylation is 1. The lowest BCUT2D eigenvalue weighted by molar-refractivity contribution is 0.228. The Hall–Kier alpha value is -1.71. The van der Waals surface area contributed by atoms with Gasteiger partial charge in [-0.1, -0.05) is 38.3 Å². The van der Waals surface area contributed by atoms with Crippen molar-refractivity contribution in [2.75, 3.05) is 13.2 Å². The molecule has 0 atom stereocenters. The van der Waals surface area contributed by atoms with Gasteiger partial charge in [0.1, 0.15) is 12.4 Å². The second-order valence-corrected chi connectivity index (χ2v) is 5.58. The Morgan fingerprint density at radius 3 is 2.57 bits per heavy atom. The summed E-state index contributed by atoms with van der Waals surface area (Å²) < 4.78 is 5.60. The van der Waals surface area contributed by atoms with Gasteiger partial charge in [-0.15, -0.1) is 0 Å². The summed E-state index contributed by atoms with van der Waals surface area (Å²) >= 11 is 0. The van der Waals surface area contributed by atoms with Gasteiger partial charge < -0.3 is 15.4 Å². The van der Waals surface area contributed by atoms with E-state index in [1.807, 2.05) is 12.1 Å². The van der Waals surface area contributed by atoms with Crippen LogP contribution in [-0.4, -0.2) is 25.2 Å². The molecule has 0 saturated heterocycles. The van der Waals surface area contributed by atoms with E-state index in [9.17, 15) is 4.79 Å². The van der Waals surface area contributed by atoms with Crippen LogP contribution in [0.25, 0.3) is 0 Å². The fourth-order valence-corrected chi connectivity index (χ4v) is 2.64. The first kappa shape index (κ1) is 15.7. The zero-order valence-electron chi connectivity index (χ0n) is 12.9. The fraction of sp³-hybridized carbons (Fsp3) is 0.588. The summed E-state index contributed by atoms with van der Waals surface area (Å²) in [5.41, 5.74) is 1.30. The lowest BCUT2D eigenvalue weighted by atomic mass is 9.96. The van der Waals surface area contributed by atoms with Gasteiger partial charge in [0.15, 0.2) is 0 Å². The molecular weight excluding hydrogens is 264 g/mol. The van der Waals surface area contributed by atoms with Crippen molar-refractivity contribution in [3.05, 3.63) is 29.8 Å². The van der Waals surface area contributed by atoms with Crippen LogP contribution in [0.1, 0.15) is 44.6 Å². The van der Waals surface area contributed by atoms with Crippen LogP contribution >= 0.6 is 0 Å². The van der Waals surface area contributed by atoms with Crippen LogP contribution in [0.15, 0.2) is 24.3 Å². The van der Waals surface area contributed by atoms with E-state index in [1.165, 1.54) is 24.8 Å². The number of amides is 2. The highest BCUT2D eigenvalue weighted by molar-refractivity contribution is 5.74. The molecule has 1 fully saturated rings. The molecule has 4 heteroatoms. The number of hydrogen-bond acceptors (Lipinski definition) is 2. The summed E-state index contributed by atoms with van der Waals surface area (Å²) in [7, 11) is 0. The van der Waals surface area contributed by atoms with Gasteiger partial charge >= 0.3 is 6.03 Å². The molecule has 0 unspecified atom stereocenters. The Kier molecular flexibility index (Phi) is 6.38. The molecule has 0 spiro atoms. The average molecular weight is 290 g/mol. The summed E-state index contributed by atoms with van der Waals surface area (Å²) in [5, 5.41) is 5.87. The van der Waals surface area contributed by atoms with Gasteiger partial charge in [0.25, 0.3) is 0 Å². The van der Waals surface area contributed by atoms with Gasteiger partial charge in [-0.25, -0.2) is 4.79 Å². The Labute approximate surface area is 127 Å². The third-order valence-corrected chi connectivity index (χ3v) is 3.93. The molecule has 1 aliphatic carbocycles. The summed E-state index contributed by atoms with van der Waals surface area (Å²) in [6.07, 6.45) is 6.98. The SMILES string of the molecule is CCc1ccc(OCCNC(=O)NC2CCCCC2)cc1. The third kappa shape index (κ3) is 5.66. The van der Waals surface area contributed by atoms with Gasteiger partial charge in [0.05, 0.1) is 6.54 Å². The molecule has 2 N–H and O–H groups in total. The van der Waals surface area contributed by atoms with E-state index in [0.717, 1.165) is 25.0 Å². The molecule has 0 heterocycles. The molecule has 21 heavy (non-hydrogen) atoms. The Morgan fingerprint density at radius 2 is 1.90 bits per heavy atom. The van der Waals surface area contributed by atoms with Crippen molar-refractivity contribution in [1.82, 2.24) is 10.6 Å². The first-order valence-electron chi connectivity index (χ1n) is 8.04. The highest BCUT2D eigenvalue weighted by atomic mass is 16.5. The summed E-state index contributed by atoms with van der Waals surface area (Å²) in [5.74, 6) is 0.849. The van der Waals surface area contributed by atoms with Crippen LogP contribution < -0.4 is 15.4 Å². The molecule has 2 amide bonds. The predicted octanol–water partition coefficient (Wildman–Crippen LogP) is 3.26. The molecule has 1 saturated carbocycles. The van der Waals surface area contributed by atoms with E-state index in [0.29, 0.717) is 19.2 Å². The minimum Gasteiger partial charge on any atom is -0.492 e. The van der Waals surface area contributed by atoms with Crippen LogP contribution in [0.2, 0.25) is 0 Å². The lowest BCUT2D eigenvalue weighted by Crippen LogP contribution is -2.44. The highest BCUT2D eigenvalue weighted by Gasteiger charge is 2.14. The molecule has 0 aromatic heterocycles. The van der Waals surface area contributed by atoms with Crippen molar-refractivity contribution in [2.24, 2.45) is 0 Å². The number of urea groups is 1. The van der Waals surface area contributed by atoms with E-state index in [1.54, 1.807) is 0 Å². The number of carbonyl (C=O) groups is 1. The van der Waals surface area contributed by atoms with Gasteiger partial charge in [-0.2, -0.15) is 0 Å². The van der Waals surface area contributed by atoms with Gasteiger partial charge in [-0.3, -0.25) is 0 Å². The molecule has 0 aliphatic heterocycles. The second-order valence-electron chi connectivity index (χ2n) is 5.58. The van der Waals surface area contributed by atoms with Crippen molar-refractivity contribution in [3.63, 3.8) is 0 Å². The maximum Gasteiger partial charge on any atom is 0.315 e. The molecule has 4 nitrogen and oxygen atoms in total. The second kappa shape index (κ2) is 8.55. The normalized spacial score (nSPS) is 15.5. The molecular formula is C17H26N2O2. The number of carbonyl (C=O) groups excluding carboxylic acids is 1. The van der Waals surface area contributed by atoms with E-state index in [4.69, 9.17) is 4.74 Å². The Morgan fingerprint density at radius 1 is 1.19 bits per heavy atom. The van der Waals surface area contributed by atoms with E-state index in [2.05, 4.69) is 29.7 Å². The largest absolute Gasteiger partial charge is 0.492 e. The van der Waals surface area contributed by atoms with Crippen LogP contribution in [0.5, 0.6) is 5.75 Å². The van der Waals surface area contributed by atoms with Gasteiger partial charge in [0, 0.05) is 6.04 Å². The zero-order chi connectivity index (χ0) is 14.9. The van der Waals surface area contributed by atoms with Gasteiger partial charge in [0.2, 0.25) is 0 Å². The van der Waals surface area contributed by atoms with E-state index in [-0.39, 0.29) is 6.03 Å². The molecule has 0 radical (unpaired) electrons. The highest BCUT2D eigenvalue weighted by Crippen LogP contribution is 2.17. The van der Waals surface area contributed by atoms with Crippen molar-refractivity contribution < 1.29 is 9.53 Å². The van der Waals surface area contributed by atoms with Crippen LogP contribution in [0.4, 0.5) is 4.79 Å². The van der Waals surface area contributed by atoms with Crippen LogP contribution in [0, 0.1) is 0 Å². The molecule has 0 bridgehead atoms. The van der Waals surface area contributed by atoms with Crippen molar-refractivity contribution in [3.8, 4) is 5.75 Å². The lowest BCUT2D eigenvalue weighted by Gasteiger charge is -2.22. The Bertz CT molecular complexity index is 425. The van der Waals surface area contributed by atoms with Gasteiger partial charge in [-0.05, 0) is 37.0 Å². The summed E-state index contributed by atoms with van der Waals surface area (Å²) in [6, 6.07) is 8.35. The smallest absolute Gasteiger partial charge is 0.315 e. The number of hydrogen-bond donors (Lipinski definition) is 2.